The van der Waals surface area contributed by atoms with Gasteiger partial charge in [0.05, 0.1) is 17.4 Å². The molecule has 0 amide bonds. The van der Waals surface area contributed by atoms with Crippen molar-refractivity contribution in [3.63, 3.8) is 0 Å². The monoisotopic (exact) mass is 297 g/mol. The van der Waals surface area contributed by atoms with Gasteiger partial charge in [-0.1, -0.05) is 37.5 Å². The molecule has 1 aromatic rings. The molecule has 20 heavy (non-hydrogen) atoms. The van der Waals surface area contributed by atoms with Gasteiger partial charge in [0.1, 0.15) is 0 Å². The minimum absolute atomic E-state index is 0.374. The number of sulfonamides is 1. The first-order chi connectivity index (χ1) is 9.35. The third kappa shape index (κ3) is 2.95. The number of hydrogen-bond acceptors (Lipinski definition) is 3. The summed E-state index contributed by atoms with van der Waals surface area (Å²) in [4.78, 5) is 11.8. The Bertz CT molecular complexity index is 603. The second kappa shape index (κ2) is 5.44. The van der Waals surface area contributed by atoms with E-state index < -0.39 is 21.4 Å². The van der Waals surface area contributed by atoms with E-state index in [9.17, 15) is 18.3 Å². The summed E-state index contributed by atoms with van der Waals surface area (Å²) < 4.78 is 25.3. The zero-order valence-corrected chi connectivity index (χ0v) is 12.2. The van der Waals surface area contributed by atoms with Crippen LogP contribution in [-0.2, 0) is 20.2 Å². The summed E-state index contributed by atoms with van der Waals surface area (Å²) >= 11 is 0. The maximum absolute atomic E-state index is 11.8. The summed E-state index contributed by atoms with van der Waals surface area (Å²) in [5, 5.41) is 9.69. The maximum Gasteiger partial charge on any atom is 0.314 e. The molecule has 110 valence electrons. The lowest BCUT2D eigenvalue weighted by Gasteiger charge is -2.35. The smallest absolute Gasteiger partial charge is 0.314 e. The fourth-order valence-corrected chi connectivity index (χ4v) is 3.52. The van der Waals surface area contributed by atoms with E-state index in [4.69, 9.17) is 0 Å². The van der Waals surface area contributed by atoms with E-state index in [1.54, 1.807) is 24.3 Å². The molecule has 1 aromatic carbocycles. The molecular formula is C14H19NO4S. The molecule has 2 rings (SSSR count). The highest BCUT2D eigenvalue weighted by atomic mass is 32.2. The number of benzene rings is 1. The predicted octanol–water partition coefficient (Wildman–Crippen LogP) is 2.34. The third-order valence-corrected chi connectivity index (χ3v) is 4.45. The average Bonchev–Trinajstić information content (AvgIpc) is 2.38. The van der Waals surface area contributed by atoms with Gasteiger partial charge in [0.15, 0.2) is 0 Å². The van der Waals surface area contributed by atoms with Crippen LogP contribution in [0.3, 0.4) is 0 Å². The Labute approximate surface area is 119 Å². The molecule has 0 bridgehead atoms. The molecule has 0 aromatic heterocycles. The first-order valence-corrected chi connectivity index (χ1v) is 8.55. The number of rotatable bonds is 4. The van der Waals surface area contributed by atoms with E-state index in [1.807, 2.05) is 0 Å². The number of hydrogen-bond donors (Lipinski definition) is 2. The Morgan fingerprint density at radius 1 is 1.20 bits per heavy atom. The van der Waals surface area contributed by atoms with Crippen LogP contribution in [0.1, 0.15) is 37.7 Å². The van der Waals surface area contributed by atoms with Gasteiger partial charge in [-0.15, -0.1) is 0 Å². The van der Waals surface area contributed by atoms with Crippen LogP contribution in [0.5, 0.6) is 0 Å². The molecule has 0 radical (unpaired) electrons. The van der Waals surface area contributed by atoms with Gasteiger partial charge < -0.3 is 5.11 Å². The summed E-state index contributed by atoms with van der Waals surface area (Å²) in [7, 11) is -3.43. The van der Waals surface area contributed by atoms with Gasteiger partial charge in [0.25, 0.3) is 0 Å². The molecule has 0 unspecified atom stereocenters. The van der Waals surface area contributed by atoms with Gasteiger partial charge >= 0.3 is 5.97 Å². The average molecular weight is 297 g/mol. The SMILES string of the molecule is CS(=O)(=O)Nc1ccccc1C1(C(=O)O)CCCCC1. The largest absolute Gasteiger partial charge is 0.481 e. The lowest BCUT2D eigenvalue weighted by atomic mass is 9.69. The van der Waals surface area contributed by atoms with Crippen molar-refractivity contribution in [2.24, 2.45) is 0 Å². The molecule has 1 aliphatic rings. The van der Waals surface area contributed by atoms with E-state index in [0.29, 0.717) is 24.1 Å². The van der Waals surface area contributed by atoms with Gasteiger partial charge in [-0.3, -0.25) is 9.52 Å². The summed E-state index contributed by atoms with van der Waals surface area (Å²) in [5.41, 5.74) is -0.0380. The van der Waals surface area contributed by atoms with Gasteiger partial charge in [0, 0.05) is 0 Å². The topological polar surface area (TPSA) is 83.5 Å². The van der Waals surface area contributed by atoms with E-state index in [1.165, 1.54) is 0 Å². The Morgan fingerprint density at radius 3 is 2.35 bits per heavy atom. The molecule has 1 saturated carbocycles. The van der Waals surface area contributed by atoms with E-state index in [2.05, 4.69) is 4.72 Å². The van der Waals surface area contributed by atoms with Crippen molar-refractivity contribution in [1.29, 1.82) is 0 Å². The summed E-state index contributed by atoms with van der Waals surface area (Å²) in [6.45, 7) is 0. The highest BCUT2D eigenvalue weighted by Gasteiger charge is 2.42. The van der Waals surface area contributed by atoms with Crippen molar-refractivity contribution >= 4 is 21.7 Å². The van der Waals surface area contributed by atoms with E-state index >= 15 is 0 Å². The highest BCUT2D eigenvalue weighted by molar-refractivity contribution is 7.92. The minimum atomic E-state index is -3.43. The lowest BCUT2D eigenvalue weighted by Crippen LogP contribution is -2.38. The number of anilines is 1. The van der Waals surface area contributed by atoms with Gasteiger partial charge in [-0.25, -0.2) is 8.42 Å². The van der Waals surface area contributed by atoms with Gasteiger partial charge in [0.2, 0.25) is 10.0 Å². The van der Waals surface area contributed by atoms with Crippen molar-refractivity contribution < 1.29 is 18.3 Å². The van der Waals surface area contributed by atoms with Crippen LogP contribution >= 0.6 is 0 Å². The van der Waals surface area contributed by atoms with Crippen LogP contribution < -0.4 is 4.72 Å². The molecule has 0 spiro atoms. The molecule has 5 nitrogen and oxygen atoms in total. The summed E-state index contributed by atoms with van der Waals surface area (Å²) in [6, 6.07) is 6.79. The van der Waals surface area contributed by atoms with Gasteiger partial charge in [-0.05, 0) is 24.5 Å². The van der Waals surface area contributed by atoms with E-state index in [-0.39, 0.29) is 0 Å². The van der Waals surface area contributed by atoms with Crippen LogP contribution in [-0.4, -0.2) is 25.7 Å². The third-order valence-electron chi connectivity index (χ3n) is 3.85. The Hall–Kier alpha value is -1.56. The number of carbonyl (C=O) groups is 1. The second-order valence-electron chi connectivity index (χ2n) is 5.37. The van der Waals surface area contributed by atoms with Crippen molar-refractivity contribution in [2.45, 2.75) is 37.5 Å². The fraction of sp³-hybridized carbons (Fsp3) is 0.500. The molecule has 1 aliphatic carbocycles. The summed E-state index contributed by atoms with van der Waals surface area (Å²) in [5.74, 6) is -0.875. The van der Waals surface area contributed by atoms with Crippen molar-refractivity contribution in [3.8, 4) is 0 Å². The maximum atomic E-state index is 11.8. The number of aliphatic carboxylic acids is 1. The molecular weight excluding hydrogens is 278 g/mol. The van der Waals surface area contributed by atoms with Crippen molar-refractivity contribution in [2.75, 3.05) is 11.0 Å². The minimum Gasteiger partial charge on any atom is -0.481 e. The molecule has 6 heteroatoms. The first-order valence-electron chi connectivity index (χ1n) is 6.66. The molecule has 1 fully saturated rings. The van der Waals surface area contributed by atoms with Crippen LogP contribution in [0.2, 0.25) is 0 Å². The molecule has 0 atom stereocenters. The van der Waals surface area contributed by atoms with Crippen LogP contribution in [0.25, 0.3) is 0 Å². The van der Waals surface area contributed by atoms with Crippen LogP contribution in [0.4, 0.5) is 5.69 Å². The Morgan fingerprint density at radius 2 is 1.80 bits per heavy atom. The molecule has 0 aliphatic heterocycles. The Kier molecular flexibility index (Phi) is 4.04. The lowest BCUT2D eigenvalue weighted by molar-refractivity contribution is -0.145. The molecule has 0 heterocycles. The zero-order chi connectivity index (χ0) is 14.8. The van der Waals surface area contributed by atoms with E-state index in [0.717, 1.165) is 25.5 Å². The molecule has 0 saturated heterocycles. The van der Waals surface area contributed by atoms with Crippen molar-refractivity contribution in [1.82, 2.24) is 0 Å². The van der Waals surface area contributed by atoms with Crippen LogP contribution in [0.15, 0.2) is 24.3 Å². The number of carboxylic acids is 1. The number of carboxylic acid groups (broad SMARTS) is 1. The number of para-hydroxylation sites is 1. The van der Waals surface area contributed by atoms with Crippen LogP contribution in [0, 0.1) is 0 Å². The first kappa shape index (κ1) is 14.8. The predicted molar refractivity (Wildman–Crippen MR) is 77.3 cm³/mol. The fourth-order valence-electron chi connectivity index (χ4n) is 2.94. The Balaban J connectivity index is 2.51. The number of nitrogens with one attached hydrogen (secondary N) is 1. The quantitative estimate of drug-likeness (QED) is 0.893. The van der Waals surface area contributed by atoms with Crippen molar-refractivity contribution in [3.05, 3.63) is 29.8 Å². The van der Waals surface area contributed by atoms with Gasteiger partial charge in [-0.2, -0.15) is 0 Å². The normalized spacial score (nSPS) is 18.4. The summed E-state index contributed by atoms with van der Waals surface area (Å²) in [6.07, 6.45) is 4.88. The second-order valence-corrected chi connectivity index (χ2v) is 7.12. The zero-order valence-electron chi connectivity index (χ0n) is 11.4. The highest BCUT2D eigenvalue weighted by Crippen LogP contribution is 2.42. The molecule has 2 N–H and O–H groups in total. The standard InChI is InChI=1S/C14H19NO4S/c1-20(18,19)15-12-8-4-3-7-11(12)14(13(16)17)9-5-2-6-10-14/h3-4,7-8,15H,2,5-6,9-10H2,1H3,(H,16,17).